The number of hydrogen-bond donors (Lipinski definition) is 1. The average molecular weight is 463 g/mol. The van der Waals surface area contributed by atoms with Gasteiger partial charge in [-0.2, -0.15) is 4.31 Å². The highest BCUT2D eigenvalue weighted by molar-refractivity contribution is 7.89. The van der Waals surface area contributed by atoms with Crippen LogP contribution in [0.5, 0.6) is 5.75 Å². The monoisotopic (exact) mass is 462 g/mol. The molecule has 0 atom stereocenters. The molecule has 0 spiro atoms. The van der Waals surface area contributed by atoms with Gasteiger partial charge in [0.25, 0.3) is 0 Å². The standard InChI is InChI=1S/C20H26N6O5S/c1-4-26(5-2)32(28,29)16-11-14(7-8-15(16)30-3)20(27)31-10-6-9-25-13-24-17-18(21)22-12-23-19(17)25/h7-8,11-13H,4-6,9-10H2,1-3H3,(H2,21,22,23). The van der Waals surface area contributed by atoms with Crippen molar-refractivity contribution >= 4 is 33.0 Å². The summed E-state index contributed by atoms with van der Waals surface area (Å²) in [6.07, 6.45) is 3.47. The first-order valence-electron chi connectivity index (χ1n) is 10.1. The lowest BCUT2D eigenvalue weighted by molar-refractivity contribution is 0.0496. The number of ether oxygens (including phenoxy) is 2. The highest BCUT2D eigenvalue weighted by Gasteiger charge is 2.27. The van der Waals surface area contributed by atoms with E-state index in [9.17, 15) is 13.2 Å². The summed E-state index contributed by atoms with van der Waals surface area (Å²) in [5, 5.41) is 0. The van der Waals surface area contributed by atoms with Crippen molar-refractivity contribution in [3.63, 3.8) is 0 Å². The Kier molecular flexibility index (Phi) is 7.26. The van der Waals surface area contributed by atoms with Gasteiger partial charge < -0.3 is 19.8 Å². The minimum atomic E-state index is -3.81. The number of anilines is 1. The summed E-state index contributed by atoms with van der Waals surface area (Å²) in [4.78, 5) is 24.7. The summed E-state index contributed by atoms with van der Waals surface area (Å²) in [5.74, 6) is -0.150. The molecule has 2 aromatic heterocycles. The largest absolute Gasteiger partial charge is 0.495 e. The lowest BCUT2D eigenvalue weighted by Crippen LogP contribution is -2.31. The van der Waals surface area contributed by atoms with Crippen molar-refractivity contribution in [2.24, 2.45) is 0 Å². The van der Waals surface area contributed by atoms with E-state index in [0.717, 1.165) is 0 Å². The molecule has 0 radical (unpaired) electrons. The Morgan fingerprint density at radius 2 is 1.94 bits per heavy atom. The van der Waals surface area contributed by atoms with Gasteiger partial charge in [-0.3, -0.25) is 0 Å². The second-order valence-corrected chi connectivity index (χ2v) is 8.72. The first-order chi connectivity index (χ1) is 15.3. The summed E-state index contributed by atoms with van der Waals surface area (Å²) in [7, 11) is -2.43. The predicted molar refractivity (Wildman–Crippen MR) is 118 cm³/mol. The maximum atomic E-state index is 12.9. The number of carbonyl (C=O) groups is 1. The first kappa shape index (κ1) is 23.4. The molecule has 3 rings (SSSR count). The second-order valence-electron chi connectivity index (χ2n) is 6.81. The fraction of sp³-hybridized carbons (Fsp3) is 0.400. The molecule has 3 aromatic rings. The van der Waals surface area contributed by atoms with Crippen LogP contribution in [-0.2, 0) is 21.3 Å². The maximum Gasteiger partial charge on any atom is 0.338 e. The molecule has 32 heavy (non-hydrogen) atoms. The quantitative estimate of drug-likeness (QED) is 0.352. The molecule has 0 amide bonds. The summed E-state index contributed by atoms with van der Waals surface area (Å²) in [5.41, 5.74) is 7.03. The van der Waals surface area contributed by atoms with Gasteiger partial charge in [-0.1, -0.05) is 13.8 Å². The van der Waals surface area contributed by atoms with Crippen LogP contribution in [0.3, 0.4) is 0 Å². The third kappa shape index (κ3) is 4.65. The molecule has 172 valence electrons. The van der Waals surface area contributed by atoms with Crippen molar-refractivity contribution in [3.05, 3.63) is 36.4 Å². The lowest BCUT2D eigenvalue weighted by Gasteiger charge is -2.20. The van der Waals surface area contributed by atoms with Gasteiger partial charge in [0, 0.05) is 19.6 Å². The van der Waals surface area contributed by atoms with Crippen LogP contribution in [0.25, 0.3) is 11.2 Å². The van der Waals surface area contributed by atoms with Gasteiger partial charge in [-0.25, -0.2) is 28.2 Å². The number of aryl methyl sites for hydroxylation is 1. The molecule has 1 aromatic carbocycles. The number of imidazole rings is 1. The molecular formula is C20H26N6O5S. The number of hydrogen-bond acceptors (Lipinski definition) is 9. The Morgan fingerprint density at radius 3 is 2.62 bits per heavy atom. The van der Waals surface area contributed by atoms with Crippen LogP contribution < -0.4 is 10.5 Å². The highest BCUT2D eigenvalue weighted by Crippen LogP contribution is 2.28. The van der Waals surface area contributed by atoms with Crippen molar-refractivity contribution in [1.82, 2.24) is 23.8 Å². The Labute approximate surface area is 186 Å². The molecule has 0 aliphatic rings. The van der Waals surface area contributed by atoms with Crippen molar-refractivity contribution in [3.8, 4) is 5.75 Å². The van der Waals surface area contributed by atoms with Crippen LogP contribution in [0.1, 0.15) is 30.6 Å². The summed E-state index contributed by atoms with van der Waals surface area (Å²) in [6.45, 7) is 4.73. The molecule has 0 fully saturated rings. The number of methoxy groups -OCH3 is 1. The fourth-order valence-electron chi connectivity index (χ4n) is 3.25. The summed E-state index contributed by atoms with van der Waals surface area (Å²) < 4.78 is 39.5. The van der Waals surface area contributed by atoms with Crippen LogP contribution in [0.4, 0.5) is 5.82 Å². The van der Waals surface area contributed by atoms with E-state index in [0.29, 0.717) is 43.0 Å². The zero-order valence-electron chi connectivity index (χ0n) is 18.2. The van der Waals surface area contributed by atoms with Crippen molar-refractivity contribution in [1.29, 1.82) is 0 Å². The van der Waals surface area contributed by atoms with E-state index in [4.69, 9.17) is 15.2 Å². The van der Waals surface area contributed by atoms with E-state index in [2.05, 4.69) is 15.0 Å². The van der Waals surface area contributed by atoms with Gasteiger partial charge in [0.15, 0.2) is 11.5 Å². The van der Waals surface area contributed by atoms with E-state index in [1.54, 1.807) is 24.7 Å². The molecule has 0 bridgehead atoms. The van der Waals surface area contributed by atoms with Crippen molar-refractivity contribution in [2.75, 3.05) is 32.5 Å². The summed E-state index contributed by atoms with van der Waals surface area (Å²) in [6, 6.07) is 4.22. The zero-order chi connectivity index (χ0) is 23.3. The maximum absolute atomic E-state index is 12.9. The minimum absolute atomic E-state index is 0.0692. The van der Waals surface area contributed by atoms with Crippen molar-refractivity contribution < 1.29 is 22.7 Å². The van der Waals surface area contributed by atoms with E-state index >= 15 is 0 Å². The third-order valence-electron chi connectivity index (χ3n) is 4.93. The van der Waals surface area contributed by atoms with Gasteiger partial charge in [0.05, 0.1) is 25.6 Å². The van der Waals surface area contributed by atoms with Crippen LogP contribution in [0.15, 0.2) is 35.7 Å². The molecule has 2 heterocycles. The molecule has 0 aliphatic heterocycles. The lowest BCUT2D eigenvalue weighted by atomic mass is 10.2. The van der Waals surface area contributed by atoms with E-state index < -0.39 is 16.0 Å². The SMILES string of the molecule is CCN(CC)S(=O)(=O)c1cc(C(=O)OCCCn2cnc3c(N)ncnc32)ccc1OC. The molecule has 0 unspecified atom stereocenters. The molecule has 0 saturated carbocycles. The first-order valence-corrected chi connectivity index (χ1v) is 11.5. The van der Waals surface area contributed by atoms with E-state index in [1.807, 2.05) is 0 Å². The number of nitrogens with two attached hydrogens (primary N) is 1. The minimum Gasteiger partial charge on any atom is -0.495 e. The molecule has 12 heteroatoms. The number of sulfonamides is 1. The number of rotatable bonds is 10. The third-order valence-corrected chi connectivity index (χ3v) is 7.00. The highest BCUT2D eigenvalue weighted by atomic mass is 32.2. The Balaban J connectivity index is 1.68. The molecule has 11 nitrogen and oxygen atoms in total. The number of benzene rings is 1. The number of fused-ring (bicyclic) bond motifs is 1. The van der Waals surface area contributed by atoms with Crippen LogP contribution >= 0.6 is 0 Å². The Morgan fingerprint density at radius 1 is 1.19 bits per heavy atom. The number of esters is 1. The molecule has 0 saturated heterocycles. The van der Waals surface area contributed by atoms with Gasteiger partial charge in [0.2, 0.25) is 10.0 Å². The van der Waals surface area contributed by atoms with Crippen molar-refractivity contribution in [2.45, 2.75) is 31.7 Å². The topological polar surface area (TPSA) is 143 Å². The van der Waals surface area contributed by atoms with Gasteiger partial charge in [0.1, 0.15) is 22.5 Å². The predicted octanol–water partition coefficient (Wildman–Crippen LogP) is 1.69. The number of carbonyl (C=O) groups excluding carboxylic acids is 1. The zero-order valence-corrected chi connectivity index (χ0v) is 19.0. The molecule has 0 aliphatic carbocycles. The molecule has 2 N–H and O–H groups in total. The average Bonchev–Trinajstić information content (AvgIpc) is 3.21. The smallest absolute Gasteiger partial charge is 0.338 e. The van der Waals surface area contributed by atoms with E-state index in [1.165, 1.54) is 35.9 Å². The van der Waals surface area contributed by atoms with E-state index in [-0.39, 0.29) is 22.8 Å². The number of nitrogens with zero attached hydrogens (tertiary/aromatic N) is 5. The number of aromatic nitrogens is 4. The fourth-order valence-corrected chi connectivity index (χ4v) is 4.89. The van der Waals surface area contributed by atoms with Gasteiger partial charge in [-0.15, -0.1) is 0 Å². The van der Waals surface area contributed by atoms with Gasteiger partial charge >= 0.3 is 5.97 Å². The summed E-state index contributed by atoms with van der Waals surface area (Å²) >= 11 is 0. The number of nitrogen functional groups attached to an aromatic ring is 1. The Hall–Kier alpha value is -3.25. The molecular weight excluding hydrogens is 436 g/mol. The second kappa shape index (κ2) is 9.92. The normalized spacial score (nSPS) is 11.8. The van der Waals surface area contributed by atoms with Gasteiger partial charge in [-0.05, 0) is 24.6 Å². The Bertz CT molecular complexity index is 1210. The van der Waals surface area contributed by atoms with Crippen LogP contribution in [0, 0.1) is 0 Å². The van der Waals surface area contributed by atoms with Crippen LogP contribution in [0.2, 0.25) is 0 Å². The van der Waals surface area contributed by atoms with Crippen LogP contribution in [-0.4, -0.2) is 65.0 Å².